The number of nitrogens with one attached hydrogen (secondary N) is 1. The van der Waals surface area contributed by atoms with E-state index in [0.717, 1.165) is 55.0 Å². The van der Waals surface area contributed by atoms with Crippen molar-refractivity contribution in [3.05, 3.63) is 59.6 Å². The third-order valence-corrected chi connectivity index (χ3v) is 6.82. The van der Waals surface area contributed by atoms with E-state index in [1.54, 1.807) is 6.33 Å². The van der Waals surface area contributed by atoms with Gasteiger partial charge in [-0.05, 0) is 51.0 Å². The summed E-state index contributed by atoms with van der Waals surface area (Å²) in [6.07, 6.45) is 7.89. The van der Waals surface area contributed by atoms with Crippen LogP contribution >= 0.6 is 0 Å². The van der Waals surface area contributed by atoms with Crippen molar-refractivity contribution < 1.29 is 9.90 Å². The molecule has 6 heteroatoms. The molecule has 0 radical (unpaired) electrons. The van der Waals surface area contributed by atoms with Crippen molar-refractivity contribution in [2.75, 3.05) is 18.0 Å². The Morgan fingerprint density at radius 3 is 2.71 bits per heavy atom. The van der Waals surface area contributed by atoms with Crippen molar-refractivity contribution in [3.63, 3.8) is 0 Å². The number of allylic oxidation sites excluding steroid dienone is 1. The molecule has 3 atom stereocenters. The van der Waals surface area contributed by atoms with E-state index in [1.807, 2.05) is 57.2 Å². The maximum atomic E-state index is 13.2. The van der Waals surface area contributed by atoms with Gasteiger partial charge in [-0.2, -0.15) is 0 Å². The van der Waals surface area contributed by atoms with Gasteiger partial charge < -0.3 is 15.3 Å². The number of hydrogen-bond acceptors (Lipinski definition) is 5. The molecule has 1 aliphatic heterocycles. The number of aromatic nitrogens is 2. The molecule has 2 aliphatic rings. The van der Waals surface area contributed by atoms with Gasteiger partial charge in [0.2, 0.25) is 5.91 Å². The number of hydrogen-bond donors (Lipinski definition) is 2. The van der Waals surface area contributed by atoms with Gasteiger partial charge in [0.1, 0.15) is 12.1 Å². The third kappa shape index (κ3) is 4.35. The molecule has 4 rings (SSSR count). The van der Waals surface area contributed by atoms with Crippen molar-refractivity contribution in [3.8, 4) is 0 Å². The predicted molar refractivity (Wildman–Crippen MR) is 122 cm³/mol. The van der Waals surface area contributed by atoms with Crippen LogP contribution in [0, 0.1) is 18.3 Å². The molecule has 1 unspecified atom stereocenters. The lowest BCUT2D eigenvalue weighted by Gasteiger charge is -2.40. The van der Waals surface area contributed by atoms with Crippen LogP contribution in [0.3, 0.4) is 0 Å². The maximum Gasteiger partial charge on any atom is 0.224 e. The van der Waals surface area contributed by atoms with Crippen LogP contribution < -0.4 is 10.2 Å². The van der Waals surface area contributed by atoms with E-state index in [2.05, 4.69) is 26.3 Å². The number of benzene rings is 1. The molecule has 1 spiro atoms. The zero-order valence-electron chi connectivity index (χ0n) is 18.6. The van der Waals surface area contributed by atoms with Crippen molar-refractivity contribution in [2.45, 2.75) is 52.2 Å². The summed E-state index contributed by atoms with van der Waals surface area (Å²) in [6.45, 7) is 7.50. The molecule has 6 nitrogen and oxygen atoms in total. The molecule has 1 saturated heterocycles. The fourth-order valence-electron chi connectivity index (χ4n) is 4.85. The highest BCUT2D eigenvalue weighted by Gasteiger charge is 2.55. The number of aryl methyl sites for hydroxylation is 1. The molecule has 31 heavy (non-hydrogen) atoms. The average Bonchev–Trinajstić information content (AvgIpc) is 3.54. The topological polar surface area (TPSA) is 78.4 Å². The van der Waals surface area contributed by atoms with E-state index in [1.165, 1.54) is 0 Å². The molecule has 1 saturated carbocycles. The Balaban J connectivity index is 1.45. The predicted octanol–water partition coefficient (Wildman–Crippen LogP) is 3.66. The molecule has 164 valence electrons. The Morgan fingerprint density at radius 1 is 1.29 bits per heavy atom. The zero-order valence-corrected chi connectivity index (χ0v) is 18.6. The van der Waals surface area contributed by atoms with Crippen LogP contribution in [0.15, 0.2) is 42.7 Å². The Hall–Kier alpha value is -2.73. The highest BCUT2D eigenvalue weighted by Crippen LogP contribution is 2.56. The average molecular weight is 421 g/mol. The summed E-state index contributed by atoms with van der Waals surface area (Å²) in [5.41, 5.74) is 2.85. The molecule has 1 aromatic heterocycles. The number of carbonyl (C=O) groups excluding carboxylic acids is 1. The molecule has 0 bridgehead atoms. The van der Waals surface area contributed by atoms with Crippen LogP contribution in [0.25, 0.3) is 6.08 Å². The molecular weight excluding hydrogens is 388 g/mol. The SMILES string of the molecule is C/C=C\c1c(C)ncnc1N1CC[C@H](C(=O)NC(C)[C@@H](O)c2ccccc2)C2(CC2)C1. The van der Waals surface area contributed by atoms with Crippen LogP contribution in [0.4, 0.5) is 5.82 Å². The first-order valence-corrected chi connectivity index (χ1v) is 11.2. The summed E-state index contributed by atoms with van der Waals surface area (Å²) in [4.78, 5) is 24.4. The minimum absolute atomic E-state index is 0.00576. The number of rotatable bonds is 6. The van der Waals surface area contributed by atoms with E-state index in [0.29, 0.717) is 0 Å². The summed E-state index contributed by atoms with van der Waals surface area (Å²) >= 11 is 0. The second-order valence-corrected chi connectivity index (χ2v) is 8.97. The summed E-state index contributed by atoms with van der Waals surface area (Å²) in [6, 6.07) is 9.16. The standard InChI is InChI=1S/C25H32N4O2/c1-4-8-20-17(2)26-16-27-23(20)29-14-11-21(25(15-29)12-13-25)24(31)28-18(3)22(30)19-9-6-5-7-10-19/h4-10,16,18,21-22,30H,11-15H2,1-3H3,(H,28,31)/b8-4-/t18?,21-,22-/m1/s1. The third-order valence-electron chi connectivity index (χ3n) is 6.82. The number of aliphatic hydroxyl groups excluding tert-OH is 1. The molecule has 2 N–H and O–H groups in total. The molecule has 1 amide bonds. The van der Waals surface area contributed by atoms with Crippen LogP contribution in [0.1, 0.15) is 56.0 Å². The van der Waals surface area contributed by atoms with E-state index in [-0.39, 0.29) is 23.3 Å². The Kier molecular flexibility index (Phi) is 6.10. The van der Waals surface area contributed by atoms with Crippen molar-refractivity contribution in [1.82, 2.24) is 15.3 Å². The first-order chi connectivity index (χ1) is 14.9. The van der Waals surface area contributed by atoms with E-state index in [4.69, 9.17) is 0 Å². The number of anilines is 1. The van der Waals surface area contributed by atoms with Crippen LogP contribution in [-0.2, 0) is 4.79 Å². The zero-order chi connectivity index (χ0) is 22.0. The molecule has 1 aromatic carbocycles. The fourth-order valence-corrected chi connectivity index (χ4v) is 4.85. The van der Waals surface area contributed by atoms with Crippen molar-refractivity contribution >= 4 is 17.8 Å². The molecule has 1 aliphatic carbocycles. The van der Waals surface area contributed by atoms with Gasteiger partial charge in [-0.3, -0.25) is 4.79 Å². The minimum atomic E-state index is -0.715. The second-order valence-electron chi connectivity index (χ2n) is 8.97. The number of aliphatic hydroxyl groups is 1. The van der Waals surface area contributed by atoms with Crippen molar-refractivity contribution in [1.29, 1.82) is 0 Å². The van der Waals surface area contributed by atoms with Crippen LogP contribution in [0.5, 0.6) is 0 Å². The lowest BCUT2D eigenvalue weighted by Crippen LogP contribution is -2.50. The summed E-state index contributed by atoms with van der Waals surface area (Å²) in [5.74, 6) is 0.998. The van der Waals surface area contributed by atoms with Gasteiger partial charge in [-0.1, -0.05) is 42.5 Å². The number of piperidine rings is 1. The minimum Gasteiger partial charge on any atom is -0.386 e. The normalized spacial score (nSPS) is 21.8. The number of amides is 1. The number of nitrogens with zero attached hydrogens (tertiary/aromatic N) is 3. The summed E-state index contributed by atoms with van der Waals surface area (Å²) < 4.78 is 0. The highest BCUT2D eigenvalue weighted by atomic mass is 16.3. The van der Waals surface area contributed by atoms with Gasteiger partial charge in [0, 0.05) is 24.6 Å². The molecule has 2 aromatic rings. The number of carbonyl (C=O) groups is 1. The molecule has 2 fully saturated rings. The first kappa shape index (κ1) is 21.5. The Bertz CT molecular complexity index is 955. The van der Waals surface area contributed by atoms with Gasteiger partial charge in [-0.25, -0.2) is 9.97 Å². The Labute approximate surface area is 184 Å². The van der Waals surface area contributed by atoms with Crippen molar-refractivity contribution in [2.24, 2.45) is 11.3 Å². The van der Waals surface area contributed by atoms with Gasteiger partial charge in [-0.15, -0.1) is 0 Å². The van der Waals surface area contributed by atoms with Gasteiger partial charge in [0.05, 0.1) is 17.8 Å². The Morgan fingerprint density at radius 2 is 2.03 bits per heavy atom. The lowest BCUT2D eigenvalue weighted by atomic mass is 9.81. The quantitative estimate of drug-likeness (QED) is 0.746. The largest absolute Gasteiger partial charge is 0.386 e. The summed E-state index contributed by atoms with van der Waals surface area (Å²) in [5, 5.41) is 13.7. The van der Waals surface area contributed by atoms with Gasteiger partial charge in [0.15, 0.2) is 0 Å². The van der Waals surface area contributed by atoms with E-state index < -0.39 is 6.10 Å². The maximum absolute atomic E-state index is 13.2. The monoisotopic (exact) mass is 420 g/mol. The van der Waals surface area contributed by atoms with E-state index >= 15 is 0 Å². The lowest BCUT2D eigenvalue weighted by molar-refractivity contribution is -0.129. The van der Waals surface area contributed by atoms with Crippen LogP contribution in [-0.4, -0.2) is 40.1 Å². The molecule has 2 heterocycles. The second kappa shape index (κ2) is 8.79. The van der Waals surface area contributed by atoms with Crippen LogP contribution in [0.2, 0.25) is 0 Å². The van der Waals surface area contributed by atoms with Gasteiger partial charge >= 0.3 is 0 Å². The first-order valence-electron chi connectivity index (χ1n) is 11.2. The van der Waals surface area contributed by atoms with E-state index in [9.17, 15) is 9.90 Å². The fraction of sp³-hybridized carbons (Fsp3) is 0.480. The smallest absolute Gasteiger partial charge is 0.224 e. The van der Waals surface area contributed by atoms with Gasteiger partial charge in [0.25, 0.3) is 0 Å². The molecular formula is C25H32N4O2. The highest BCUT2D eigenvalue weighted by molar-refractivity contribution is 5.81. The summed E-state index contributed by atoms with van der Waals surface area (Å²) in [7, 11) is 0.